The first kappa shape index (κ1) is 43.4. The van der Waals surface area contributed by atoms with Crippen LogP contribution in [0.2, 0.25) is 0 Å². The molecule has 356 valence electrons. The zero-order chi connectivity index (χ0) is 50.1. The van der Waals surface area contributed by atoms with E-state index in [4.69, 9.17) is 15.0 Å². The monoisotopic (exact) mass is 970 g/mol. The Balaban J connectivity index is 0.899. The molecule has 0 unspecified atom stereocenters. The van der Waals surface area contributed by atoms with Gasteiger partial charge in [0.25, 0.3) is 0 Å². The summed E-state index contributed by atoms with van der Waals surface area (Å²) < 4.78 is 7.35. The Bertz CT molecular complexity index is 4540. The maximum absolute atomic E-state index is 5.03. The summed E-state index contributed by atoms with van der Waals surface area (Å²) in [7, 11) is 0. The number of rotatable bonds is 9. The van der Waals surface area contributed by atoms with Gasteiger partial charge in [0.05, 0.1) is 22.1 Å². The molecule has 0 amide bonds. The number of hydrogen-bond acceptors (Lipinski definition) is 3. The van der Waals surface area contributed by atoms with Gasteiger partial charge in [-0.3, -0.25) is 0 Å². The van der Waals surface area contributed by atoms with Crippen molar-refractivity contribution in [3.63, 3.8) is 0 Å². The zero-order valence-electron chi connectivity index (χ0n) is 41.3. The minimum Gasteiger partial charge on any atom is -0.336 e. The average molecular weight is 971 g/mol. The van der Waals surface area contributed by atoms with E-state index >= 15 is 0 Å². The molecular formula is C70H46N6. The Morgan fingerprint density at radius 2 is 0.645 bits per heavy atom. The predicted molar refractivity (Wildman–Crippen MR) is 314 cm³/mol. The van der Waals surface area contributed by atoms with Crippen molar-refractivity contribution in [3.8, 4) is 67.8 Å². The van der Waals surface area contributed by atoms with Crippen LogP contribution in [0.15, 0.2) is 267 Å². The highest BCUT2D eigenvalue weighted by atomic mass is 15.0. The van der Waals surface area contributed by atoms with Crippen molar-refractivity contribution in [2.24, 2.45) is 0 Å². The van der Waals surface area contributed by atoms with Crippen molar-refractivity contribution < 1.29 is 0 Å². The van der Waals surface area contributed by atoms with E-state index in [9.17, 15) is 0 Å². The van der Waals surface area contributed by atoms with Gasteiger partial charge < -0.3 is 13.7 Å². The van der Waals surface area contributed by atoms with Crippen molar-refractivity contribution >= 4 is 65.4 Å². The maximum Gasteiger partial charge on any atom is 0.164 e. The zero-order valence-corrected chi connectivity index (χ0v) is 41.3. The van der Waals surface area contributed by atoms with Crippen LogP contribution in [0.5, 0.6) is 0 Å². The maximum atomic E-state index is 5.03. The first-order valence-corrected chi connectivity index (χ1v) is 25.9. The SMILES string of the molecule is c1ccc(-c2nc(-c3ccccc3)nc(-c3ccc(-c4ccc(Cn5c6ccccc6c6ccccc65)c(-c5ccc6c7ccc(-n8c9ccccc9c9ccccc98)cc7n(-c7ccccc7)c6c5)c4)cc3)n2)cc1. The van der Waals surface area contributed by atoms with E-state index in [0.717, 1.165) is 55.8 Å². The van der Waals surface area contributed by atoms with Gasteiger partial charge in [-0.15, -0.1) is 0 Å². The van der Waals surface area contributed by atoms with Crippen molar-refractivity contribution in [2.45, 2.75) is 6.54 Å². The third-order valence-corrected chi connectivity index (χ3v) is 15.2. The lowest BCUT2D eigenvalue weighted by Gasteiger charge is -2.16. The summed E-state index contributed by atoms with van der Waals surface area (Å²) >= 11 is 0. The Labute approximate surface area is 438 Å². The number of hydrogen-bond donors (Lipinski definition) is 0. The van der Waals surface area contributed by atoms with Crippen molar-refractivity contribution in [3.05, 3.63) is 272 Å². The van der Waals surface area contributed by atoms with Gasteiger partial charge in [-0.25, -0.2) is 15.0 Å². The van der Waals surface area contributed by atoms with E-state index in [2.05, 4.69) is 220 Å². The Morgan fingerprint density at radius 1 is 0.250 bits per heavy atom. The lowest BCUT2D eigenvalue weighted by molar-refractivity contribution is 0.871. The standard InChI is InChI=1S/C70H46N6/c1-4-18-47(19-5-1)68-71-69(48-20-6-2-7-21-48)73-70(72-68)49-34-32-46(33-35-49)50-36-37-52(45-74-62-28-14-10-24-55(62)56-25-11-15-29-63(56)74)61(42-50)51-38-40-59-60-41-39-54(44-67(60)75(66(59)43-51)53-22-8-3-9-23-53)76-64-30-16-12-26-57(64)58-27-13-17-31-65(58)76/h1-44H,45H2. The van der Waals surface area contributed by atoms with Gasteiger partial charge in [0.15, 0.2) is 17.5 Å². The molecule has 6 nitrogen and oxygen atoms in total. The molecule has 0 saturated carbocycles. The molecule has 76 heavy (non-hydrogen) atoms. The molecule has 0 saturated heterocycles. The fourth-order valence-corrected chi connectivity index (χ4v) is 11.6. The van der Waals surface area contributed by atoms with E-state index in [1.165, 1.54) is 65.5 Å². The minimum absolute atomic E-state index is 0.630. The van der Waals surface area contributed by atoms with Crippen molar-refractivity contribution in [1.82, 2.24) is 28.7 Å². The number of aromatic nitrogens is 6. The molecule has 0 aliphatic heterocycles. The number of para-hydroxylation sites is 5. The fourth-order valence-electron chi connectivity index (χ4n) is 11.6. The summed E-state index contributed by atoms with van der Waals surface area (Å²) in [5.41, 5.74) is 18.0. The molecule has 0 aliphatic carbocycles. The van der Waals surface area contributed by atoms with E-state index in [1.54, 1.807) is 0 Å². The van der Waals surface area contributed by atoms with Gasteiger partial charge in [0.2, 0.25) is 0 Å². The van der Waals surface area contributed by atoms with Crippen LogP contribution >= 0.6 is 0 Å². The molecule has 4 heterocycles. The molecular weight excluding hydrogens is 925 g/mol. The highest BCUT2D eigenvalue weighted by molar-refractivity contribution is 6.13. The van der Waals surface area contributed by atoms with Crippen LogP contribution in [0.3, 0.4) is 0 Å². The topological polar surface area (TPSA) is 53.5 Å². The summed E-state index contributed by atoms with van der Waals surface area (Å²) in [6, 6.07) is 95.8. The van der Waals surface area contributed by atoms with E-state index in [0.29, 0.717) is 24.0 Å². The van der Waals surface area contributed by atoms with Crippen LogP contribution in [0.25, 0.3) is 133 Å². The first-order valence-electron chi connectivity index (χ1n) is 25.9. The normalized spacial score (nSPS) is 11.7. The second-order valence-corrected chi connectivity index (χ2v) is 19.6. The molecule has 0 atom stereocenters. The molecule has 0 spiro atoms. The van der Waals surface area contributed by atoms with Crippen LogP contribution in [-0.4, -0.2) is 28.7 Å². The molecule has 0 fully saturated rings. The second kappa shape index (κ2) is 17.8. The Kier molecular flexibility index (Phi) is 10.2. The van der Waals surface area contributed by atoms with Gasteiger partial charge in [0, 0.05) is 78.0 Å². The summed E-state index contributed by atoms with van der Waals surface area (Å²) in [6.45, 7) is 0.692. The molecule has 0 bridgehead atoms. The third kappa shape index (κ3) is 7.22. The smallest absolute Gasteiger partial charge is 0.164 e. The average Bonchev–Trinajstić information content (AvgIpc) is 4.18. The van der Waals surface area contributed by atoms with Gasteiger partial charge in [-0.05, 0) is 88.5 Å². The van der Waals surface area contributed by atoms with Crippen LogP contribution in [-0.2, 0) is 6.54 Å². The highest BCUT2D eigenvalue weighted by Crippen LogP contribution is 2.41. The largest absolute Gasteiger partial charge is 0.336 e. The molecule has 6 heteroatoms. The lowest BCUT2D eigenvalue weighted by atomic mass is 9.93. The quantitative estimate of drug-likeness (QED) is 0.145. The summed E-state index contributed by atoms with van der Waals surface area (Å²) in [6.07, 6.45) is 0. The second-order valence-electron chi connectivity index (χ2n) is 19.6. The molecule has 4 aromatic heterocycles. The van der Waals surface area contributed by atoms with Crippen LogP contribution in [0.4, 0.5) is 0 Å². The summed E-state index contributed by atoms with van der Waals surface area (Å²) in [5, 5.41) is 7.43. The van der Waals surface area contributed by atoms with E-state index in [1.807, 2.05) is 60.7 Å². The minimum atomic E-state index is 0.630. The molecule has 0 N–H and O–H groups in total. The number of fused-ring (bicyclic) bond motifs is 9. The van der Waals surface area contributed by atoms with E-state index in [-0.39, 0.29) is 0 Å². The Morgan fingerprint density at radius 3 is 1.21 bits per heavy atom. The fraction of sp³-hybridized carbons (Fsp3) is 0.0143. The number of benzene rings is 11. The lowest BCUT2D eigenvalue weighted by Crippen LogP contribution is -2.02. The molecule has 0 aliphatic rings. The first-order chi connectivity index (χ1) is 37.7. The summed E-state index contributed by atoms with van der Waals surface area (Å²) in [5.74, 6) is 1.92. The van der Waals surface area contributed by atoms with Gasteiger partial charge in [0.1, 0.15) is 0 Å². The predicted octanol–water partition coefficient (Wildman–Crippen LogP) is 17.6. The van der Waals surface area contributed by atoms with Crippen LogP contribution in [0, 0.1) is 0 Å². The van der Waals surface area contributed by atoms with Crippen molar-refractivity contribution in [1.29, 1.82) is 0 Å². The Hall–Kier alpha value is -10.2. The van der Waals surface area contributed by atoms with Crippen LogP contribution < -0.4 is 0 Å². The third-order valence-electron chi connectivity index (χ3n) is 15.2. The van der Waals surface area contributed by atoms with E-state index < -0.39 is 0 Å². The molecule has 0 radical (unpaired) electrons. The van der Waals surface area contributed by atoms with Gasteiger partial charge in [-0.1, -0.05) is 206 Å². The van der Waals surface area contributed by atoms with Gasteiger partial charge in [-0.2, -0.15) is 0 Å². The van der Waals surface area contributed by atoms with Crippen LogP contribution in [0.1, 0.15) is 5.56 Å². The summed E-state index contributed by atoms with van der Waals surface area (Å²) in [4.78, 5) is 15.0. The number of nitrogens with zero attached hydrogens (tertiary/aromatic N) is 6. The van der Waals surface area contributed by atoms with Crippen molar-refractivity contribution in [2.75, 3.05) is 0 Å². The molecule has 11 aromatic carbocycles. The highest BCUT2D eigenvalue weighted by Gasteiger charge is 2.20. The molecule has 15 rings (SSSR count). The van der Waals surface area contributed by atoms with Gasteiger partial charge >= 0.3 is 0 Å². The molecule has 15 aromatic rings.